The fourth-order valence-electron chi connectivity index (χ4n) is 2.15. The fourth-order valence-corrected chi connectivity index (χ4v) is 2.15. The molecule has 4 nitrogen and oxygen atoms in total. The monoisotopic (exact) mass is 260 g/mol. The molecule has 0 spiro atoms. The van der Waals surface area contributed by atoms with Gasteiger partial charge in [-0.05, 0) is 12.8 Å². The van der Waals surface area contributed by atoms with E-state index in [9.17, 15) is 0 Å². The second kappa shape index (κ2) is 16.8. The van der Waals surface area contributed by atoms with E-state index in [0.29, 0.717) is 6.61 Å². The summed E-state index contributed by atoms with van der Waals surface area (Å²) >= 11 is 0. The fraction of sp³-hybridized carbons (Fsp3) is 1.00. The van der Waals surface area contributed by atoms with Crippen LogP contribution in [0.15, 0.2) is 0 Å². The third-order valence-electron chi connectivity index (χ3n) is 3.29. The second-order valence-corrected chi connectivity index (χ2v) is 5.00. The third-order valence-corrected chi connectivity index (χ3v) is 3.29. The van der Waals surface area contributed by atoms with Crippen molar-refractivity contribution >= 4 is 0 Å². The molecule has 4 heteroatoms. The van der Waals surface area contributed by atoms with Gasteiger partial charge in [-0.2, -0.15) is 0 Å². The van der Waals surface area contributed by atoms with Gasteiger partial charge in [0, 0.05) is 13.2 Å². The molecule has 0 heterocycles. The van der Waals surface area contributed by atoms with Gasteiger partial charge in [0.1, 0.15) is 0 Å². The van der Waals surface area contributed by atoms with Crippen molar-refractivity contribution in [2.45, 2.75) is 77.0 Å². The largest absolute Gasteiger partial charge is 0.396 e. The maximum absolute atomic E-state index is 8.64. The number of rotatable bonds is 15. The highest BCUT2D eigenvalue weighted by atomic mass is 16.5. The van der Waals surface area contributed by atoms with E-state index < -0.39 is 0 Å². The zero-order valence-corrected chi connectivity index (χ0v) is 11.8. The van der Waals surface area contributed by atoms with Crippen LogP contribution in [0.5, 0.6) is 0 Å². The molecule has 0 bridgehead atoms. The molecule has 0 saturated carbocycles. The van der Waals surface area contributed by atoms with E-state index in [-0.39, 0.29) is 0 Å². The first kappa shape index (κ1) is 17.8. The summed E-state index contributed by atoms with van der Waals surface area (Å²) in [6, 6.07) is 0. The minimum absolute atomic E-state index is 0.351. The number of hydrogen-bond acceptors (Lipinski definition) is 4. The molecule has 0 aromatic carbocycles. The smallest absolute Gasteiger partial charge is 0.0431 e. The number of aliphatic hydroxyl groups is 1. The zero-order chi connectivity index (χ0) is 13.3. The van der Waals surface area contributed by atoms with Gasteiger partial charge in [-0.1, -0.05) is 64.2 Å². The van der Waals surface area contributed by atoms with Gasteiger partial charge >= 0.3 is 0 Å². The lowest BCUT2D eigenvalue weighted by atomic mass is 10.1. The Bertz CT molecular complexity index is 130. The Morgan fingerprint density at radius 1 is 0.556 bits per heavy atom. The number of unbranched alkanes of at least 4 members (excludes halogenated alkanes) is 11. The summed E-state index contributed by atoms with van der Waals surface area (Å²) in [6.07, 6.45) is 15.3. The predicted molar refractivity (Wildman–Crippen MR) is 75.4 cm³/mol. The Kier molecular flexibility index (Phi) is 16.7. The summed E-state index contributed by atoms with van der Waals surface area (Å²) in [4.78, 5) is 0. The van der Waals surface area contributed by atoms with Crippen LogP contribution < -0.4 is 11.0 Å². The summed E-state index contributed by atoms with van der Waals surface area (Å²) in [6.45, 7) is 1.19. The third kappa shape index (κ3) is 15.8. The molecular formula is C14H32N2O2. The van der Waals surface area contributed by atoms with Crippen molar-refractivity contribution in [1.82, 2.24) is 11.0 Å². The number of nitrogens with one attached hydrogen (secondary N) is 2. The van der Waals surface area contributed by atoms with E-state index >= 15 is 0 Å². The molecule has 0 rings (SSSR count). The minimum atomic E-state index is 0.351. The van der Waals surface area contributed by atoms with Crippen molar-refractivity contribution < 1.29 is 10.3 Å². The summed E-state index contributed by atoms with van der Waals surface area (Å²) in [5.74, 6) is 0. The Morgan fingerprint density at radius 3 is 1.33 bits per heavy atom. The predicted octanol–water partition coefficient (Wildman–Crippen LogP) is 3.14. The van der Waals surface area contributed by atoms with Crippen molar-refractivity contribution in [1.29, 1.82) is 0 Å². The van der Waals surface area contributed by atoms with Gasteiger partial charge in [-0.3, -0.25) is 0 Å². The van der Waals surface area contributed by atoms with Crippen LogP contribution in [-0.2, 0) is 0 Å². The minimum Gasteiger partial charge on any atom is -0.396 e. The average Bonchev–Trinajstić information content (AvgIpc) is 2.39. The summed E-state index contributed by atoms with van der Waals surface area (Å²) in [7, 11) is 0. The Hall–Kier alpha value is -0.160. The van der Waals surface area contributed by atoms with E-state index in [0.717, 1.165) is 19.4 Å². The molecule has 110 valence electrons. The van der Waals surface area contributed by atoms with Gasteiger partial charge in [0.2, 0.25) is 0 Å². The topological polar surface area (TPSA) is 64.5 Å². The molecule has 0 aromatic rings. The van der Waals surface area contributed by atoms with Crippen molar-refractivity contribution in [2.24, 2.45) is 0 Å². The SMILES string of the molecule is OCCCCCCCCCCCCCCNNO. The molecule has 0 unspecified atom stereocenters. The quantitative estimate of drug-likeness (QED) is 0.270. The lowest BCUT2D eigenvalue weighted by molar-refractivity contribution is 0.120. The van der Waals surface area contributed by atoms with E-state index in [1.54, 1.807) is 0 Å². The Labute approximate surface area is 112 Å². The first-order valence-corrected chi connectivity index (χ1v) is 7.64. The van der Waals surface area contributed by atoms with E-state index in [4.69, 9.17) is 10.3 Å². The molecule has 4 N–H and O–H groups in total. The normalized spacial score (nSPS) is 11.0. The highest BCUT2D eigenvalue weighted by Gasteiger charge is 1.93. The highest BCUT2D eigenvalue weighted by Crippen LogP contribution is 2.11. The van der Waals surface area contributed by atoms with Crippen molar-refractivity contribution in [3.63, 3.8) is 0 Å². The first-order chi connectivity index (χ1) is 8.91. The molecule has 0 saturated heterocycles. The summed E-state index contributed by atoms with van der Waals surface area (Å²) < 4.78 is 0. The lowest BCUT2D eigenvalue weighted by Gasteiger charge is -2.03. The first-order valence-electron chi connectivity index (χ1n) is 7.64. The standard InChI is InChI=1S/C14H32N2O2/c17-14-12-10-8-6-4-2-1-3-5-7-9-11-13-15-16-18/h15-18H,1-14H2. The van der Waals surface area contributed by atoms with E-state index in [2.05, 4.69) is 5.43 Å². The average molecular weight is 260 g/mol. The number of aliphatic hydroxyl groups excluding tert-OH is 1. The molecular weight excluding hydrogens is 228 g/mol. The molecule has 0 atom stereocenters. The molecule has 0 radical (unpaired) electrons. The second-order valence-electron chi connectivity index (χ2n) is 5.00. The van der Waals surface area contributed by atoms with Gasteiger partial charge in [-0.25, -0.2) is 5.43 Å². The van der Waals surface area contributed by atoms with Crippen LogP contribution in [0.25, 0.3) is 0 Å². The van der Waals surface area contributed by atoms with E-state index in [1.807, 2.05) is 5.59 Å². The van der Waals surface area contributed by atoms with Crippen molar-refractivity contribution in [3.05, 3.63) is 0 Å². The van der Waals surface area contributed by atoms with Crippen LogP contribution >= 0.6 is 0 Å². The molecule has 0 fully saturated rings. The van der Waals surface area contributed by atoms with Gasteiger partial charge in [0.15, 0.2) is 0 Å². The van der Waals surface area contributed by atoms with Gasteiger partial charge < -0.3 is 10.3 Å². The Morgan fingerprint density at radius 2 is 0.944 bits per heavy atom. The molecule has 18 heavy (non-hydrogen) atoms. The molecule has 0 aliphatic carbocycles. The maximum Gasteiger partial charge on any atom is 0.0431 e. The maximum atomic E-state index is 8.64. The van der Waals surface area contributed by atoms with Crippen LogP contribution in [0.4, 0.5) is 0 Å². The van der Waals surface area contributed by atoms with Crippen LogP contribution in [0, 0.1) is 0 Å². The van der Waals surface area contributed by atoms with Crippen LogP contribution in [-0.4, -0.2) is 23.5 Å². The number of hydrogen-bond donors (Lipinski definition) is 4. The zero-order valence-electron chi connectivity index (χ0n) is 11.8. The Balaban J connectivity index is 2.86. The van der Waals surface area contributed by atoms with Crippen LogP contribution in [0.3, 0.4) is 0 Å². The molecule has 0 aromatic heterocycles. The van der Waals surface area contributed by atoms with E-state index in [1.165, 1.54) is 64.2 Å². The van der Waals surface area contributed by atoms with Gasteiger partial charge in [0.05, 0.1) is 0 Å². The van der Waals surface area contributed by atoms with Crippen molar-refractivity contribution in [2.75, 3.05) is 13.2 Å². The highest BCUT2D eigenvalue weighted by molar-refractivity contribution is 4.49. The summed E-state index contributed by atoms with van der Waals surface area (Å²) in [5, 5.41) is 16.9. The van der Waals surface area contributed by atoms with Crippen molar-refractivity contribution in [3.8, 4) is 0 Å². The summed E-state index contributed by atoms with van der Waals surface area (Å²) in [5.41, 5.74) is 4.63. The molecule has 0 aliphatic rings. The van der Waals surface area contributed by atoms with Gasteiger partial charge in [-0.15, -0.1) is 5.59 Å². The van der Waals surface area contributed by atoms with Gasteiger partial charge in [0.25, 0.3) is 0 Å². The van der Waals surface area contributed by atoms with Crippen LogP contribution in [0.1, 0.15) is 77.0 Å². The molecule has 0 amide bonds. The number of hydrazine groups is 1. The lowest BCUT2D eigenvalue weighted by Crippen LogP contribution is -2.28. The molecule has 0 aliphatic heterocycles. The van der Waals surface area contributed by atoms with Crippen LogP contribution in [0.2, 0.25) is 0 Å².